The zero-order chi connectivity index (χ0) is 26.2. The van der Waals surface area contributed by atoms with Gasteiger partial charge in [-0.15, -0.1) is 11.3 Å². The fourth-order valence-corrected chi connectivity index (χ4v) is 5.55. The Morgan fingerprint density at radius 3 is 2.58 bits per heavy atom. The first-order valence-electron chi connectivity index (χ1n) is 12.1. The van der Waals surface area contributed by atoms with E-state index in [0.717, 1.165) is 45.5 Å². The van der Waals surface area contributed by atoms with Crippen molar-refractivity contribution < 1.29 is 14.2 Å². The molecule has 3 aromatic carbocycles. The van der Waals surface area contributed by atoms with E-state index in [1.807, 2.05) is 91.4 Å². The van der Waals surface area contributed by atoms with Crippen molar-refractivity contribution in [1.29, 1.82) is 0 Å². The molecule has 9 heteroatoms. The Labute approximate surface area is 223 Å². The molecule has 0 spiro atoms. The highest BCUT2D eigenvalue weighted by Gasteiger charge is 2.19. The molecule has 6 rings (SSSR count). The second-order valence-corrected chi connectivity index (χ2v) is 9.74. The maximum absolute atomic E-state index is 13.6. The van der Waals surface area contributed by atoms with Crippen LogP contribution in [0.1, 0.15) is 11.3 Å². The molecule has 8 nitrogen and oxygen atoms in total. The molecule has 0 bridgehead atoms. The summed E-state index contributed by atoms with van der Waals surface area (Å²) < 4.78 is 22.4. The van der Waals surface area contributed by atoms with E-state index in [1.165, 1.54) is 11.3 Å². The molecule has 0 unspecified atom stereocenters. The summed E-state index contributed by atoms with van der Waals surface area (Å²) in [4.78, 5) is 19.2. The number of methoxy groups -OCH3 is 1. The van der Waals surface area contributed by atoms with Crippen LogP contribution in [0.15, 0.2) is 88.0 Å². The smallest absolute Gasteiger partial charge is 0.297 e. The first-order chi connectivity index (χ1) is 18.5. The zero-order valence-electron chi connectivity index (χ0n) is 21.2. The Bertz CT molecular complexity index is 1760. The van der Waals surface area contributed by atoms with Gasteiger partial charge in [0.05, 0.1) is 30.7 Å². The first kappa shape index (κ1) is 23.9. The lowest BCUT2D eigenvalue weighted by molar-refractivity contribution is 0.174. The molecular weight excluding hydrogens is 500 g/mol. The Hall–Kier alpha value is -4.50. The second kappa shape index (κ2) is 9.75. The summed E-state index contributed by atoms with van der Waals surface area (Å²) >= 11 is 1.49. The summed E-state index contributed by atoms with van der Waals surface area (Å²) in [7, 11) is 3.54. The maximum atomic E-state index is 13.6. The summed E-state index contributed by atoms with van der Waals surface area (Å²) in [6, 6.07) is 23.4. The quantitative estimate of drug-likeness (QED) is 0.311. The molecule has 0 aliphatic carbocycles. The van der Waals surface area contributed by atoms with E-state index in [4.69, 9.17) is 19.2 Å². The molecule has 0 amide bonds. The third-order valence-corrected chi connectivity index (χ3v) is 7.55. The summed E-state index contributed by atoms with van der Waals surface area (Å²) in [5, 5.41) is 2.05. The van der Waals surface area contributed by atoms with Crippen LogP contribution in [-0.4, -0.2) is 27.8 Å². The van der Waals surface area contributed by atoms with Crippen LogP contribution in [0.3, 0.4) is 0 Å². The van der Waals surface area contributed by atoms with Gasteiger partial charge in [0.1, 0.15) is 5.75 Å². The van der Waals surface area contributed by atoms with Crippen LogP contribution in [-0.2, 0) is 13.6 Å². The topological polar surface area (TPSA) is 71.9 Å². The van der Waals surface area contributed by atoms with Crippen molar-refractivity contribution in [2.45, 2.75) is 13.5 Å². The highest BCUT2D eigenvalue weighted by Crippen LogP contribution is 2.34. The van der Waals surface area contributed by atoms with E-state index >= 15 is 0 Å². The number of thiazole rings is 1. The minimum Gasteiger partial charge on any atom is -0.496 e. The van der Waals surface area contributed by atoms with E-state index in [-0.39, 0.29) is 12.4 Å². The third-order valence-electron chi connectivity index (χ3n) is 6.69. The van der Waals surface area contributed by atoms with Crippen molar-refractivity contribution >= 4 is 17.0 Å². The van der Waals surface area contributed by atoms with Crippen molar-refractivity contribution in [1.82, 2.24) is 13.9 Å². The van der Waals surface area contributed by atoms with E-state index in [2.05, 4.69) is 9.95 Å². The van der Waals surface area contributed by atoms with Gasteiger partial charge in [0, 0.05) is 18.0 Å². The van der Waals surface area contributed by atoms with Gasteiger partial charge in [-0.3, -0.25) is 9.48 Å². The largest absolute Gasteiger partial charge is 0.496 e. The molecule has 0 radical (unpaired) electrons. The van der Waals surface area contributed by atoms with Crippen molar-refractivity contribution in [3.05, 3.63) is 105 Å². The monoisotopic (exact) mass is 526 g/mol. The molecule has 0 N–H and O–H groups in total. The number of hydrogen-bond acceptors (Lipinski definition) is 6. The van der Waals surface area contributed by atoms with Crippen LogP contribution in [0.2, 0.25) is 0 Å². The standard InChI is InChI=1S/C29H26N4O4S/c1-19-27(28(34)33(31(19)2)21-9-5-4-6-10-21)30-29-32(16-20-13-14-25-26(15-20)37-18-36-25)23(17-38-29)22-11-7-8-12-24(22)35-3/h4-15,17H,16,18H2,1-3H3. The van der Waals surface area contributed by atoms with Gasteiger partial charge < -0.3 is 18.8 Å². The minimum atomic E-state index is -0.168. The highest BCUT2D eigenvalue weighted by atomic mass is 32.1. The predicted octanol–water partition coefficient (Wildman–Crippen LogP) is 5.03. The van der Waals surface area contributed by atoms with Crippen molar-refractivity contribution in [3.8, 4) is 34.2 Å². The molecule has 3 heterocycles. The van der Waals surface area contributed by atoms with Crippen LogP contribution < -0.4 is 24.6 Å². The second-order valence-electron chi connectivity index (χ2n) is 8.90. The molecule has 0 saturated heterocycles. The number of hydrogen-bond donors (Lipinski definition) is 0. The lowest BCUT2D eigenvalue weighted by atomic mass is 10.1. The molecule has 0 atom stereocenters. The van der Waals surface area contributed by atoms with Crippen LogP contribution in [0.25, 0.3) is 16.9 Å². The molecule has 38 heavy (non-hydrogen) atoms. The van der Waals surface area contributed by atoms with E-state index < -0.39 is 0 Å². The SMILES string of the molecule is COc1ccccc1-c1csc(=Nc2c(C)n(C)n(-c3ccccc3)c2=O)n1Cc1ccc2c(c1)OCO2. The summed E-state index contributed by atoms with van der Waals surface area (Å²) in [5.74, 6) is 2.22. The Morgan fingerprint density at radius 2 is 1.76 bits per heavy atom. The molecule has 0 fully saturated rings. The van der Waals surface area contributed by atoms with Gasteiger partial charge >= 0.3 is 0 Å². The average molecular weight is 527 g/mol. The number of para-hydroxylation sites is 2. The van der Waals surface area contributed by atoms with Gasteiger partial charge in [-0.1, -0.05) is 36.4 Å². The van der Waals surface area contributed by atoms with Gasteiger partial charge in [-0.05, 0) is 48.9 Å². The normalized spacial score (nSPS) is 12.8. The fourth-order valence-electron chi connectivity index (χ4n) is 4.64. The molecular formula is C29H26N4O4S. The number of aromatic nitrogens is 3. The molecule has 1 aliphatic rings. The van der Waals surface area contributed by atoms with Crippen LogP contribution in [0.5, 0.6) is 17.2 Å². The van der Waals surface area contributed by atoms with E-state index in [9.17, 15) is 4.79 Å². The van der Waals surface area contributed by atoms with Gasteiger partial charge in [-0.25, -0.2) is 9.67 Å². The Morgan fingerprint density at radius 1 is 1.00 bits per heavy atom. The lowest BCUT2D eigenvalue weighted by Crippen LogP contribution is -2.20. The van der Waals surface area contributed by atoms with Gasteiger partial charge in [-0.2, -0.15) is 0 Å². The third kappa shape index (κ3) is 4.10. The summed E-state index contributed by atoms with van der Waals surface area (Å²) in [5.41, 5.74) is 4.72. The number of ether oxygens (including phenoxy) is 3. The van der Waals surface area contributed by atoms with Crippen molar-refractivity contribution in [2.75, 3.05) is 13.9 Å². The lowest BCUT2D eigenvalue weighted by Gasteiger charge is -2.12. The van der Waals surface area contributed by atoms with E-state index in [0.29, 0.717) is 17.0 Å². The first-order valence-corrected chi connectivity index (χ1v) is 13.0. The number of nitrogens with zero attached hydrogens (tertiary/aromatic N) is 4. The highest BCUT2D eigenvalue weighted by molar-refractivity contribution is 7.07. The van der Waals surface area contributed by atoms with Crippen LogP contribution in [0.4, 0.5) is 5.69 Å². The molecule has 5 aromatic rings. The molecule has 192 valence electrons. The van der Waals surface area contributed by atoms with Gasteiger partial charge in [0.25, 0.3) is 5.56 Å². The maximum Gasteiger partial charge on any atom is 0.297 e. The van der Waals surface area contributed by atoms with Crippen molar-refractivity contribution in [2.24, 2.45) is 12.0 Å². The summed E-state index contributed by atoms with van der Waals surface area (Å²) in [6.45, 7) is 2.65. The summed E-state index contributed by atoms with van der Waals surface area (Å²) in [6.07, 6.45) is 0. The van der Waals surface area contributed by atoms with Gasteiger partial charge in [0.15, 0.2) is 22.0 Å². The number of rotatable bonds is 6. The minimum absolute atomic E-state index is 0.168. The van der Waals surface area contributed by atoms with Gasteiger partial charge in [0.2, 0.25) is 6.79 Å². The van der Waals surface area contributed by atoms with Crippen LogP contribution >= 0.6 is 11.3 Å². The number of fused-ring (bicyclic) bond motifs is 1. The molecule has 2 aromatic heterocycles. The molecule has 1 aliphatic heterocycles. The average Bonchev–Trinajstić information content (AvgIpc) is 3.63. The fraction of sp³-hybridized carbons (Fsp3) is 0.172. The number of benzene rings is 3. The predicted molar refractivity (Wildman–Crippen MR) is 147 cm³/mol. The Kier molecular flexibility index (Phi) is 6.13. The molecule has 0 saturated carbocycles. The zero-order valence-corrected chi connectivity index (χ0v) is 22.1. The Balaban J connectivity index is 1.53. The van der Waals surface area contributed by atoms with Crippen LogP contribution in [0, 0.1) is 6.92 Å². The van der Waals surface area contributed by atoms with E-state index in [1.54, 1.807) is 11.8 Å². The van der Waals surface area contributed by atoms with Crippen molar-refractivity contribution in [3.63, 3.8) is 0 Å².